The molecule has 0 aliphatic heterocycles. The molecule has 0 bridgehead atoms. The van der Waals surface area contributed by atoms with Gasteiger partial charge in [-0.2, -0.15) is 0 Å². The Hall–Kier alpha value is -3.29. The number of amides is 3. The molecular formula is C23H27F2N3O3. The van der Waals surface area contributed by atoms with Gasteiger partial charge in [0.1, 0.15) is 11.6 Å². The normalized spacial score (nSPS) is 10.5. The van der Waals surface area contributed by atoms with Crippen molar-refractivity contribution in [2.75, 3.05) is 27.2 Å². The van der Waals surface area contributed by atoms with E-state index in [1.54, 1.807) is 31.1 Å². The van der Waals surface area contributed by atoms with Gasteiger partial charge in [-0.1, -0.05) is 12.1 Å². The minimum Gasteiger partial charge on any atom is -0.352 e. The van der Waals surface area contributed by atoms with Crippen LogP contribution in [0.2, 0.25) is 0 Å². The van der Waals surface area contributed by atoms with Gasteiger partial charge in [0.15, 0.2) is 0 Å². The van der Waals surface area contributed by atoms with Gasteiger partial charge in [0.25, 0.3) is 11.8 Å². The number of hydrogen-bond acceptors (Lipinski definition) is 3. The minimum atomic E-state index is -0.927. The van der Waals surface area contributed by atoms with Gasteiger partial charge in [-0.15, -0.1) is 0 Å². The highest BCUT2D eigenvalue weighted by atomic mass is 19.1. The van der Waals surface area contributed by atoms with Crippen molar-refractivity contribution >= 4 is 17.7 Å². The van der Waals surface area contributed by atoms with Crippen LogP contribution in [-0.2, 0) is 11.3 Å². The molecule has 0 unspecified atom stereocenters. The summed E-state index contributed by atoms with van der Waals surface area (Å²) in [6.45, 7) is 3.00. The summed E-state index contributed by atoms with van der Waals surface area (Å²) >= 11 is 0. The molecule has 166 valence electrons. The summed E-state index contributed by atoms with van der Waals surface area (Å²) in [6.07, 6.45) is 0.609. The molecule has 2 aromatic carbocycles. The van der Waals surface area contributed by atoms with Crippen molar-refractivity contribution in [3.05, 3.63) is 70.8 Å². The third-order valence-electron chi connectivity index (χ3n) is 4.74. The molecule has 0 spiro atoms. The van der Waals surface area contributed by atoms with Gasteiger partial charge < -0.3 is 15.1 Å². The maximum absolute atomic E-state index is 13.6. The third kappa shape index (κ3) is 6.87. The summed E-state index contributed by atoms with van der Waals surface area (Å²) in [5, 5.41) is 2.54. The predicted octanol–water partition coefficient (Wildman–Crippen LogP) is 3.23. The quantitative estimate of drug-likeness (QED) is 0.620. The van der Waals surface area contributed by atoms with Gasteiger partial charge in [-0.3, -0.25) is 14.4 Å². The smallest absolute Gasteiger partial charge is 0.254 e. The molecule has 0 saturated heterocycles. The molecule has 0 saturated carbocycles. The zero-order valence-corrected chi connectivity index (χ0v) is 18.0. The fourth-order valence-corrected chi connectivity index (χ4v) is 2.98. The second-order valence-electron chi connectivity index (χ2n) is 7.29. The molecule has 6 nitrogen and oxygen atoms in total. The van der Waals surface area contributed by atoms with Crippen LogP contribution in [0.1, 0.15) is 46.0 Å². The van der Waals surface area contributed by atoms with Gasteiger partial charge in [0, 0.05) is 51.8 Å². The first-order valence-corrected chi connectivity index (χ1v) is 10.0. The van der Waals surface area contributed by atoms with E-state index >= 15 is 0 Å². The van der Waals surface area contributed by atoms with Crippen molar-refractivity contribution in [3.63, 3.8) is 0 Å². The Morgan fingerprint density at radius 1 is 1.00 bits per heavy atom. The van der Waals surface area contributed by atoms with Crippen LogP contribution in [-0.4, -0.2) is 54.7 Å². The number of benzene rings is 2. The third-order valence-corrected chi connectivity index (χ3v) is 4.74. The van der Waals surface area contributed by atoms with E-state index in [0.29, 0.717) is 31.1 Å². The topological polar surface area (TPSA) is 69.7 Å². The number of nitrogens with zero attached hydrogens (tertiary/aromatic N) is 2. The Bertz CT molecular complexity index is 930. The molecule has 31 heavy (non-hydrogen) atoms. The van der Waals surface area contributed by atoms with Gasteiger partial charge in [-0.05, 0) is 43.2 Å². The second kappa shape index (κ2) is 11.2. The van der Waals surface area contributed by atoms with Gasteiger partial charge in [0.2, 0.25) is 5.91 Å². The van der Waals surface area contributed by atoms with E-state index in [0.717, 1.165) is 17.7 Å². The maximum Gasteiger partial charge on any atom is 0.254 e. The molecule has 2 rings (SSSR count). The summed E-state index contributed by atoms with van der Waals surface area (Å²) in [7, 11) is 3.37. The number of carbonyl (C=O) groups is 3. The minimum absolute atomic E-state index is 0.0712. The highest BCUT2D eigenvalue weighted by Crippen LogP contribution is 2.11. The number of carbonyl (C=O) groups excluding carboxylic acids is 3. The first kappa shape index (κ1) is 24.0. The Morgan fingerprint density at radius 2 is 1.68 bits per heavy atom. The molecular weight excluding hydrogens is 404 g/mol. The largest absolute Gasteiger partial charge is 0.352 e. The number of rotatable bonds is 9. The molecule has 8 heteroatoms. The fourth-order valence-electron chi connectivity index (χ4n) is 2.98. The van der Waals surface area contributed by atoms with Crippen LogP contribution in [0.15, 0.2) is 42.5 Å². The lowest BCUT2D eigenvalue weighted by Crippen LogP contribution is -2.31. The second-order valence-corrected chi connectivity index (χ2v) is 7.29. The molecule has 0 aliphatic rings. The van der Waals surface area contributed by atoms with Crippen LogP contribution in [0.5, 0.6) is 0 Å². The monoisotopic (exact) mass is 431 g/mol. The average Bonchev–Trinajstić information content (AvgIpc) is 2.74. The van der Waals surface area contributed by atoms with Crippen molar-refractivity contribution in [1.82, 2.24) is 15.1 Å². The standard InChI is InChI=1S/C23H27F2N3O3/c1-4-28(15-16-7-9-17(10-8-16)23(31)27(2)3)21(29)6-5-13-26-22(30)19-12-11-18(24)14-20(19)25/h7-12,14H,4-6,13,15H2,1-3H3,(H,26,30). The van der Waals surface area contributed by atoms with Crippen LogP contribution in [0.3, 0.4) is 0 Å². The molecule has 2 aromatic rings. The van der Waals surface area contributed by atoms with E-state index in [1.807, 2.05) is 19.1 Å². The van der Waals surface area contributed by atoms with Crippen LogP contribution in [0, 0.1) is 11.6 Å². The molecule has 0 radical (unpaired) electrons. The van der Waals surface area contributed by atoms with E-state index in [9.17, 15) is 23.2 Å². The van der Waals surface area contributed by atoms with E-state index in [2.05, 4.69) is 5.32 Å². The lowest BCUT2D eigenvalue weighted by atomic mass is 10.1. The zero-order chi connectivity index (χ0) is 23.0. The molecule has 0 fully saturated rings. The van der Waals surface area contributed by atoms with E-state index in [1.165, 1.54) is 4.90 Å². The first-order valence-electron chi connectivity index (χ1n) is 10.0. The predicted molar refractivity (Wildman–Crippen MR) is 113 cm³/mol. The van der Waals surface area contributed by atoms with Crippen LogP contribution in [0.4, 0.5) is 8.78 Å². The summed E-state index contributed by atoms with van der Waals surface area (Å²) in [5.41, 5.74) is 1.25. The Balaban J connectivity index is 1.82. The van der Waals surface area contributed by atoms with Crippen molar-refractivity contribution < 1.29 is 23.2 Å². The highest BCUT2D eigenvalue weighted by Gasteiger charge is 2.15. The van der Waals surface area contributed by atoms with E-state index in [-0.39, 0.29) is 30.3 Å². The summed E-state index contributed by atoms with van der Waals surface area (Å²) in [6, 6.07) is 9.87. The molecule has 0 aliphatic carbocycles. The first-order chi connectivity index (χ1) is 14.7. The number of nitrogens with one attached hydrogen (secondary N) is 1. The van der Waals surface area contributed by atoms with Crippen LogP contribution >= 0.6 is 0 Å². The molecule has 0 atom stereocenters. The average molecular weight is 431 g/mol. The molecule has 1 N–H and O–H groups in total. The van der Waals surface area contributed by atoms with Crippen LogP contribution < -0.4 is 5.32 Å². The molecule has 0 heterocycles. The molecule has 3 amide bonds. The van der Waals surface area contributed by atoms with Crippen molar-refractivity contribution in [2.24, 2.45) is 0 Å². The zero-order valence-electron chi connectivity index (χ0n) is 18.0. The van der Waals surface area contributed by atoms with E-state index in [4.69, 9.17) is 0 Å². The van der Waals surface area contributed by atoms with Crippen molar-refractivity contribution in [3.8, 4) is 0 Å². The van der Waals surface area contributed by atoms with Gasteiger partial charge in [0.05, 0.1) is 5.56 Å². The number of halogens is 2. The van der Waals surface area contributed by atoms with Crippen molar-refractivity contribution in [2.45, 2.75) is 26.3 Å². The Labute approximate surface area is 180 Å². The van der Waals surface area contributed by atoms with Crippen molar-refractivity contribution in [1.29, 1.82) is 0 Å². The highest BCUT2D eigenvalue weighted by molar-refractivity contribution is 5.94. The summed E-state index contributed by atoms with van der Waals surface area (Å²) < 4.78 is 26.6. The summed E-state index contributed by atoms with van der Waals surface area (Å²) in [5.74, 6) is -2.48. The lowest BCUT2D eigenvalue weighted by Gasteiger charge is -2.21. The summed E-state index contributed by atoms with van der Waals surface area (Å²) in [4.78, 5) is 39.6. The van der Waals surface area contributed by atoms with E-state index < -0.39 is 17.5 Å². The van der Waals surface area contributed by atoms with Crippen LogP contribution in [0.25, 0.3) is 0 Å². The SMILES string of the molecule is CCN(Cc1ccc(C(=O)N(C)C)cc1)C(=O)CCCNC(=O)c1ccc(F)cc1F. The fraction of sp³-hybridized carbons (Fsp3) is 0.348. The Morgan fingerprint density at radius 3 is 2.26 bits per heavy atom. The van der Waals surface area contributed by atoms with Gasteiger partial charge in [-0.25, -0.2) is 8.78 Å². The number of hydrogen-bond donors (Lipinski definition) is 1. The lowest BCUT2D eigenvalue weighted by molar-refractivity contribution is -0.131. The maximum atomic E-state index is 13.6. The Kier molecular flexibility index (Phi) is 8.66. The molecule has 0 aromatic heterocycles. The van der Waals surface area contributed by atoms with Gasteiger partial charge >= 0.3 is 0 Å².